The molecule has 1 N–H and O–H groups in total. The van der Waals surface area contributed by atoms with Crippen molar-refractivity contribution in [2.24, 2.45) is 5.92 Å². The van der Waals surface area contributed by atoms with Crippen LogP contribution in [-0.2, 0) is 9.53 Å². The highest BCUT2D eigenvalue weighted by Gasteiger charge is 2.21. The minimum Gasteiger partial charge on any atom is -0.497 e. The van der Waals surface area contributed by atoms with E-state index in [0.717, 1.165) is 31.6 Å². The Balaban J connectivity index is 1.72. The molecule has 0 saturated carbocycles. The molecule has 21 heavy (non-hydrogen) atoms. The van der Waals surface area contributed by atoms with Gasteiger partial charge in [0.25, 0.3) is 0 Å². The average molecular weight is 291 g/mol. The van der Waals surface area contributed by atoms with Crippen molar-refractivity contribution in [2.45, 2.75) is 32.1 Å². The number of benzene rings is 1. The predicted molar refractivity (Wildman–Crippen MR) is 82.6 cm³/mol. The summed E-state index contributed by atoms with van der Waals surface area (Å²) in [5.74, 6) is 1.46. The number of nitrogens with one attached hydrogen (secondary N) is 1. The predicted octanol–water partition coefficient (Wildman–Crippen LogP) is 2.73. The Hall–Kier alpha value is -1.55. The summed E-state index contributed by atoms with van der Waals surface area (Å²) in [6, 6.07) is 8.12. The minimum absolute atomic E-state index is 0.0371. The van der Waals surface area contributed by atoms with E-state index in [0.29, 0.717) is 19.1 Å². The summed E-state index contributed by atoms with van der Waals surface area (Å²) < 4.78 is 10.5. The van der Waals surface area contributed by atoms with Crippen LogP contribution in [0, 0.1) is 5.92 Å². The number of ether oxygens (including phenoxy) is 2. The number of carbonyl (C=O) groups excluding carboxylic acids is 1. The first-order valence-electron chi connectivity index (χ1n) is 7.70. The third kappa shape index (κ3) is 4.74. The summed E-state index contributed by atoms with van der Waals surface area (Å²) in [5.41, 5.74) is 1.27. The van der Waals surface area contributed by atoms with E-state index in [2.05, 4.69) is 24.4 Å². The summed E-state index contributed by atoms with van der Waals surface area (Å²) in [6.07, 6.45) is 2.87. The Labute approximate surface area is 126 Å². The zero-order valence-electron chi connectivity index (χ0n) is 12.9. The number of methoxy groups -OCH3 is 1. The second-order valence-corrected chi connectivity index (χ2v) is 5.67. The largest absolute Gasteiger partial charge is 0.497 e. The van der Waals surface area contributed by atoms with Gasteiger partial charge in [-0.3, -0.25) is 4.79 Å². The van der Waals surface area contributed by atoms with E-state index in [1.807, 2.05) is 12.1 Å². The molecule has 0 unspecified atom stereocenters. The number of hydrogen-bond donors (Lipinski definition) is 1. The van der Waals surface area contributed by atoms with Crippen LogP contribution in [0.5, 0.6) is 5.75 Å². The lowest BCUT2D eigenvalue weighted by Gasteiger charge is -2.21. The third-order valence-corrected chi connectivity index (χ3v) is 4.09. The second-order valence-electron chi connectivity index (χ2n) is 5.67. The van der Waals surface area contributed by atoms with Crippen LogP contribution < -0.4 is 10.1 Å². The van der Waals surface area contributed by atoms with Crippen molar-refractivity contribution in [1.82, 2.24) is 5.32 Å². The zero-order valence-corrected chi connectivity index (χ0v) is 12.9. The molecular formula is C17H25NO3. The van der Waals surface area contributed by atoms with Gasteiger partial charge in [-0.05, 0) is 42.9 Å². The molecular weight excluding hydrogens is 266 g/mol. The van der Waals surface area contributed by atoms with Crippen molar-refractivity contribution in [2.75, 3.05) is 26.9 Å². The van der Waals surface area contributed by atoms with Crippen molar-refractivity contribution in [3.63, 3.8) is 0 Å². The van der Waals surface area contributed by atoms with Crippen LogP contribution in [-0.4, -0.2) is 32.8 Å². The molecule has 4 nitrogen and oxygen atoms in total. The number of rotatable bonds is 6. The lowest BCUT2D eigenvalue weighted by molar-refractivity contribution is -0.128. The summed E-state index contributed by atoms with van der Waals surface area (Å²) >= 11 is 0. The molecule has 1 heterocycles. The van der Waals surface area contributed by atoms with E-state index in [4.69, 9.17) is 9.47 Å². The highest BCUT2D eigenvalue weighted by atomic mass is 16.5. The first kappa shape index (κ1) is 15.8. The van der Waals surface area contributed by atoms with Gasteiger partial charge in [-0.15, -0.1) is 0 Å². The zero-order chi connectivity index (χ0) is 15.1. The van der Waals surface area contributed by atoms with Crippen LogP contribution >= 0.6 is 0 Å². The Morgan fingerprint density at radius 1 is 1.43 bits per heavy atom. The van der Waals surface area contributed by atoms with Crippen LogP contribution in [0.1, 0.15) is 37.7 Å². The Morgan fingerprint density at radius 2 is 2.19 bits per heavy atom. The number of carbonyl (C=O) groups is 1. The molecule has 1 amide bonds. The summed E-state index contributed by atoms with van der Waals surface area (Å²) in [4.78, 5) is 12.0. The molecule has 2 rings (SSSR count). The summed E-state index contributed by atoms with van der Waals surface area (Å²) in [5, 5.41) is 3.03. The van der Waals surface area contributed by atoms with E-state index in [1.54, 1.807) is 7.11 Å². The van der Waals surface area contributed by atoms with Crippen molar-refractivity contribution < 1.29 is 14.3 Å². The SMILES string of the molecule is COc1ccc([C@@H](C)CCNC(=O)[C@@H]2CCCOC2)cc1. The quantitative estimate of drug-likeness (QED) is 0.876. The first-order chi connectivity index (χ1) is 10.2. The van der Waals surface area contributed by atoms with Crippen LogP contribution in [0.15, 0.2) is 24.3 Å². The van der Waals surface area contributed by atoms with Gasteiger partial charge >= 0.3 is 0 Å². The third-order valence-electron chi connectivity index (χ3n) is 4.09. The van der Waals surface area contributed by atoms with Gasteiger partial charge in [-0.1, -0.05) is 19.1 Å². The topological polar surface area (TPSA) is 47.6 Å². The molecule has 1 aromatic rings. The Kier molecular flexibility index (Phi) is 6.05. The van der Waals surface area contributed by atoms with Gasteiger partial charge in [0.05, 0.1) is 19.6 Å². The fourth-order valence-electron chi connectivity index (χ4n) is 2.60. The van der Waals surface area contributed by atoms with Crippen molar-refractivity contribution in [1.29, 1.82) is 0 Å². The van der Waals surface area contributed by atoms with Gasteiger partial charge in [-0.2, -0.15) is 0 Å². The molecule has 2 atom stereocenters. The van der Waals surface area contributed by atoms with Gasteiger partial charge in [-0.25, -0.2) is 0 Å². The maximum atomic E-state index is 12.0. The molecule has 4 heteroatoms. The first-order valence-corrected chi connectivity index (χ1v) is 7.70. The maximum absolute atomic E-state index is 12.0. The van der Waals surface area contributed by atoms with Gasteiger partial charge < -0.3 is 14.8 Å². The Morgan fingerprint density at radius 3 is 2.81 bits per heavy atom. The van der Waals surface area contributed by atoms with E-state index in [9.17, 15) is 4.79 Å². The molecule has 1 aliphatic rings. The highest BCUT2D eigenvalue weighted by Crippen LogP contribution is 2.21. The van der Waals surface area contributed by atoms with E-state index in [-0.39, 0.29) is 11.8 Å². The second kappa shape index (κ2) is 8.03. The lowest BCUT2D eigenvalue weighted by Crippen LogP contribution is -2.36. The average Bonchev–Trinajstić information content (AvgIpc) is 2.55. The molecule has 0 bridgehead atoms. The summed E-state index contributed by atoms with van der Waals surface area (Å²) in [7, 11) is 1.67. The van der Waals surface area contributed by atoms with Crippen molar-refractivity contribution in [3.05, 3.63) is 29.8 Å². The van der Waals surface area contributed by atoms with Crippen LogP contribution in [0.4, 0.5) is 0 Å². The molecule has 0 spiro atoms. The van der Waals surface area contributed by atoms with Crippen molar-refractivity contribution in [3.8, 4) is 5.75 Å². The van der Waals surface area contributed by atoms with E-state index in [1.165, 1.54) is 5.56 Å². The molecule has 0 aromatic heterocycles. The monoisotopic (exact) mass is 291 g/mol. The molecule has 116 valence electrons. The molecule has 1 saturated heterocycles. The van der Waals surface area contributed by atoms with Gasteiger partial charge in [0.2, 0.25) is 5.91 Å². The fourth-order valence-corrected chi connectivity index (χ4v) is 2.60. The van der Waals surface area contributed by atoms with Crippen LogP contribution in [0.25, 0.3) is 0 Å². The van der Waals surface area contributed by atoms with Gasteiger partial charge in [0, 0.05) is 13.2 Å². The molecule has 0 aliphatic carbocycles. The fraction of sp³-hybridized carbons (Fsp3) is 0.588. The number of amides is 1. The molecule has 1 aromatic carbocycles. The smallest absolute Gasteiger partial charge is 0.225 e. The van der Waals surface area contributed by atoms with E-state index < -0.39 is 0 Å². The van der Waals surface area contributed by atoms with E-state index >= 15 is 0 Å². The van der Waals surface area contributed by atoms with Crippen LogP contribution in [0.2, 0.25) is 0 Å². The minimum atomic E-state index is 0.0371. The van der Waals surface area contributed by atoms with Crippen molar-refractivity contribution >= 4 is 5.91 Å². The lowest BCUT2D eigenvalue weighted by atomic mass is 9.97. The summed E-state index contributed by atoms with van der Waals surface area (Å²) in [6.45, 7) is 4.25. The normalized spacial score (nSPS) is 19.8. The van der Waals surface area contributed by atoms with Crippen LogP contribution in [0.3, 0.4) is 0 Å². The standard InChI is InChI=1S/C17H25NO3/c1-13(14-5-7-16(20-2)8-6-14)9-10-18-17(19)15-4-3-11-21-12-15/h5-8,13,15H,3-4,9-12H2,1-2H3,(H,18,19)/t13-,15+/m0/s1. The number of hydrogen-bond acceptors (Lipinski definition) is 3. The van der Waals surface area contributed by atoms with Gasteiger partial charge in [0.15, 0.2) is 0 Å². The Bertz CT molecular complexity index is 438. The molecule has 0 radical (unpaired) electrons. The van der Waals surface area contributed by atoms with Gasteiger partial charge in [0.1, 0.15) is 5.75 Å². The molecule has 1 aliphatic heterocycles. The maximum Gasteiger partial charge on any atom is 0.225 e. The highest BCUT2D eigenvalue weighted by molar-refractivity contribution is 5.78. The molecule has 1 fully saturated rings.